The summed E-state index contributed by atoms with van der Waals surface area (Å²) in [6.07, 6.45) is 6.80. The highest BCUT2D eigenvalue weighted by Gasteiger charge is 2.14. The van der Waals surface area contributed by atoms with E-state index in [-0.39, 0.29) is 29.2 Å². The third kappa shape index (κ3) is 6.06. The Labute approximate surface area is 157 Å². The van der Waals surface area contributed by atoms with E-state index in [0.717, 1.165) is 25.3 Å². The fraction of sp³-hybridized carbons (Fsp3) is 0.300. The molecule has 1 amide bonds. The maximum Gasteiger partial charge on any atom is 0.255 e. The van der Waals surface area contributed by atoms with Gasteiger partial charge in [-0.2, -0.15) is 4.39 Å². The van der Waals surface area contributed by atoms with Crippen LogP contribution in [-0.2, 0) is 6.54 Å². The van der Waals surface area contributed by atoms with Crippen molar-refractivity contribution >= 4 is 11.7 Å². The van der Waals surface area contributed by atoms with Gasteiger partial charge < -0.3 is 15.8 Å². The number of amides is 1. The van der Waals surface area contributed by atoms with Gasteiger partial charge in [-0.15, -0.1) is 0 Å². The number of anilines is 1. The lowest BCUT2D eigenvalue weighted by atomic mass is 10.2. The largest absolute Gasteiger partial charge is 0.490 e. The maximum atomic E-state index is 14.5. The summed E-state index contributed by atoms with van der Waals surface area (Å²) < 4.78 is 33.0. The Hall–Kier alpha value is -2.96. The summed E-state index contributed by atoms with van der Waals surface area (Å²) >= 11 is 0. The summed E-state index contributed by atoms with van der Waals surface area (Å²) in [5, 5.41) is 2.55. The molecular formula is C20H23F2N3O2. The average Bonchev–Trinajstić information content (AvgIpc) is 2.64. The molecule has 3 N–H and O–H groups in total. The van der Waals surface area contributed by atoms with Gasteiger partial charge in [-0.1, -0.05) is 31.2 Å². The molecule has 0 radical (unpaired) electrons. The summed E-state index contributed by atoms with van der Waals surface area (Å²) in [7, 11) is 0. The van der Waals surface area contributed by atoms with Crippen molar-refractivity contribution in [2.75, 3.05) is 12.3 Å². The van der Waals surface area contributed by atoms with Crippen LogP contribution in [0.25, 0.3) is 0 Å². The summed E-state index contributed by atoms with van der Waals surface area (Å²) in [5.41, 5.74) is 5.84. The first-order valence-electron chi connectivity index (χ1n) is 8.78. The number of hydrogen-bond acceptors (Lipinski definition) is 4. The monoisotopic (exact) mass is 375 g/mol. The van der Waals surface area contributed by atoms with Gasteiger partial charge in [0.05, 0.1) is 12.2 Å². The van der Waals surface area contributed by atoms with Crippen molar-refractivity contribution < 1.29 is 18.3 Å². The molecule has 1 aromatic carbocycles. The molecule has 2 rings (SSSR count). The van der Waals surface area contributed by atoms with Crippen LogP contribution in [0, 0.1) is 11.8 Å². The molecule has 1 aromatic heterocycles. The second-order valence-corrected chi connectivity index (χ2v) is 5.85. The van der Waals surface area contributed by atoms with Crippen molar-refractivity contribution in [3.63, 3.8) is 0 Å². The molecule has 0 atom stereocenters. The van der Waals surface area contributed by atoms with E-state index in [2.05, 4.69) is 29.4 Å². The molecule has 0 fully saturated rings. The summed E-state index contributed by atoms with van der Waals surface area (Å²) in [6, 6.07) is 7.03. The number of aromatic nitrogens is 1. The minimum absolute atomic E-state index is 0.0318. The van der Waals surface area contributed by atoms with Crippen LogP contribution < -0.4 is 15.8 Å². The van der Waals surface area contributed by atoms with Crippen LogP contribution in [0.5, 0.6) is 5.75 Å². The van der Waals surface area contributed by atoms with Crippen molar-refractivity contribution in [1.82, 2.24) is 10.3 Å². The Kier molecular flexibility index (Phi) is 7.73. The summed E-state index contributed by atoms with van der Waals surface area (Å²) in [6.45, 7) is 2.41. The van der Waals surface area contributed by atoms with Crippen molar-refractivity contribution in [2.45, 2.75) is 32.7 Å². The zero-order valence-electron chi connectivity index (χ0n) is 15.2. The molecule has 2 aromatic rings. The first kappa shape index (κ1) is 20.4. The number of nitrogens with two attached hydrogens (primary N) is 1. The number of carbonyl (C=O) groups excluding carboxylic acids is 1. The van der Waals surface area contributed by atoms with Gasteiger partial charge in [0.2, 0.25) is 5.95 Å². The molecule has 0 saturated heterocycles. The van der Waals surface area contributed by atoms with Crippen molar-refractivity contribution in [3.8, 4) is 5.75 Å². The lowest BCUT2D eigenvalue weighted by molar-refractivity contribution is 0.0951. The van der Waals surface area contributed by atoms with E-state index in [4.69, 9.17) is 10.5 Å². The third-order valence-corrected chi connectivity index (χ3v) is 3.79. The van der Waals surface area contributed by atoms with E-state index in [0.29, 0.717) is 6.61 Å². The summed E-state index contributed by atoms with van der Waals surface area (Å²) in [5.74, 6) is -1.93. The van der Waals surface area contributed by atoms with Gasteiger partial charge in [0.15, 0.2) is 11.6 Å². The number of nitrogens with one attached hydrogen (secondary N) is 1. The molecule has 0 unspecified atom stereocenters. The number of benzene rings is 1. The van der Waals surface area contributed by atoms with Gasteiger partial charge in [0.25, 0.3) is 5.91 Å². The van der Waals surface area contributed by atoms with Gasteiger partial charge in [-0.25, -0.2) is 9.37 Å². The normalized spacial score (nSPS) is 10.9. The van der Waals surface area contributed by atoms with Gasteiger partial charge in [-0.05, 0) is 37.5 Å². The molecule has 0 bridgehead atoms. The topological polar surface area (TPSA) is 77.2 Å². The zero-order valence-corrected chi connectivity index (χ0v) is 15.2. The number of rotatable bonds is 9. The van der Waals surface area contributed by atoms with Crippen molar-refractivity contribution in [3.05, 3.63) is 65.4 Å². The fourth-order valence-electron chi connectivity index (χ4n) is 2.38. The Bertz CT molecular complexity index is 810. The van der Waals surface area contributed by atoms with Crippen LogP contribution in [0.3, 0.4) is 0 Å². The van der Waals surface area contributed by atoms with Crippen LogP contribution in [0.2, 0.25) is 0 Å². The minimum atomic E-state index is -0.773. The molecule has 144 valence electrons. The number of nitrogen functional groups attached to an aromatic ring is 1. The highest BCUT2D eigenvalue weighted by Crippen LogP contribution is 2.21. The molecule has 0 spiro atoms. The van der Waals surface area contributed by atoms with E-state index in [1.54, 1.807) is 18.2 Å². The first-order chi connectivity index (χ1) is 13.0. The number of allylic oxidation sites excluding steroid dienone is 2. The Morgan fingerprint density at radius 1 is 1.26 bits per heavy atom. The van der Waals surface area contributed by atoms with E-state index in [9.17, 15) is 13.6 Å². The number of hydrogen-bond donors (Lipinski definition) is 2. The first-order valence-corrected chi connectivity index (χ1v) is 8.78. The lowest BCUT2D eigenvalue weighted by Crippen LogP contribution is -2.25. The molecule has 7 heteroatoms. The van der Waals surface area contributed by atoms with Crippen LogP contribution >= 0.6 is 0 Å². The number of ether oxygens (including phenoxy) is 1. The highest BCUT2D eigenvalue weighted by atomic mass is 19.1. The van der Waals surface area contributed by atoms with Crippen LogP contribution in [0.15, 0.2) is 42.5 Å². The fourth-order valence-corrected chi connectivity index (χ4v) is 2.38. The molecule has 27 heavy (non-hydrogen) atoms. The number of carbonyl (C=O) groups is 1. The predicted molar refractivity (Wildman–Crippen MR) is 100 cm³/mol. The lowest BCUT2D eigenvalue weighted by Gasteiger charge is -2.11. The quantitative estimate of drug-likeness (QED) is 0.395. The van der Waals surface area contributed by atoms with E-state index >= 15 is 0 Å². The molecular weight excluding hydrogens is 352 g/mol. The van der Waals surface area contributed by atoms with Gasteiger partial charge in [0.1, 0.15) is 5.82 Å². The van der Waals surface area contributed by atoms with Gasteiger partial charge in [-0.3, -0.25) is 4.79 Å². The second-order valence-electron chi connectivity index (χ2n) is 5.85. The van der Waals surface area contributed by atoms with E-state index in [1.165, 1.54) is 6.07 Å². The highest BCUT2D eigenvalue weighted by molar-refractivity contribution is 5.98. The molecule has 0 aliphatic heterocycles. The average molecular weight is 375 g/mol. The number of nitrogens with zero attached hydrogens (tertiary/aromatic N) is 1. The van der Waals surface area contributed by atoms with Crippen molar-refractivity contribution in [2.24, 2.45) is 0 Å². The molecule has 0 saturated carbocycles. The third-order valence-electron chi connectivity index (χ3n) is 3.79. The minimum Gasteiger partial charge on any atom is -0.490 e. The second kappa shape index (κ2) is 10.3. The molecule has 1 heterocycles. The zero-order chi connectivity index (χ0) is 19.6. The van der Waals surface area contributed by atoms with Crippen LogP contribution in [0.4, 0.5) is 14.6 Å². The number of pyridine rings is 1. The molecule has 0 aliphatic rings. The Morgan fingerprint density at radius 2 is 2.07 bits per heavy atom. The van der Waals surface area contributed by atoms with Crippen LogP contribution in [-0.4, -0.2) is 17.5 Å². The molecule has 0 aliphatic carbocycles. The van der Waals surface area contributed by atoms with Crippen molar-refractivity contribution in [1.29, 1.82) is 0 Å². The van der Waals surface area contributed by atoms with E-state index in [1.807, 2.05) is 0 Å². The summed E-state index contributed by atoms with van der Waals surface area (Å²) in [4.78, 5) is 15.5. The Morgan fingerprint density at radius 3 is 2.81 bits per heavy atom. The van der Waals surface area contributed by atoms with Crippen LogP contribution in [0.1, 0.15) is 42.1 Å². The standard InChI is InChI=1S/C20H23F2N3O2/c1-2-3-4-5-6-12-27-16-9-7-8-14(18(16)22)13-24-20(26)15-10-11-17(21)25-19(15)23/h3-4,7-11H,2,5-6,12-13H2,1H3,(H2,23,25)(H,24,26)/b4-3+. The van der Waals surface area contributed by atoms with Gasteiger partial charge >= 0.3 is 0 Å². The number of halogens is 2. The maximum absolute atomic E-state index is 14.5. The number of unbranched alkanes of at least 4 members (excludes halogenated alkanes) is 1. The predicted octanol–water partition coefficient (Wildman–Crippen LogP) is 4.00. The Balaban J connectivity index is 1.93. The van der Waals surface area contributed by atoms with E-state index < -0.39 is 17.7 Å². The van der Waals surface area contributed by atoms with Gasteiger partial charge in [0, 0.05) is 12.1 Å². The SMILES string of the molecule is CC/C=C/CCCOc1cccc(CNC(=O)c2ccc(F)nc2N)c1F. The molecule has 5 nitrogen and oxygen atoms in total. The smallest absolute Gasteiger partial charge is 0.255 e.